The zero-order chi connectivity index (χ0) is 23.2. The van der Waals surface area contributed by atoms with Crippen LogP contribution in [0.15, 0.2) is 79.1 Å². The Hall–Kier alpha value is -4.58. The number of nitrogens with one attached hydrogen (secondary N) is 2. The number of H-pyrrole nitrogens is 2. The van der Waals surface area contributed by atoms with Gasteiger partial charge in [-0.15, -0.1) is 0 Å². The molecule has 0 saturated carbocycles. The highest BCUT2D eigenvalue weighted by atomic mass is 16.5. The predicted octanol–water partition coefficient (Wildman–Crippen LogP) is 6.21. The molecule has 2 N–H and O–H groups in total. The van der Waals surface area contributed by atoms with Crippen LogP contribution in [0.25, 0.3) is 35.2 Å². The topological polar surface area (TPSA) is 75.8 Å². The summed E-state index contributed by atoms with van der Waals surface area (Å²) >= 11 is 0. The van der Waals surface area contributed by atoms with Crippen molar-refractivity contribution in [2.24, 2.45) is 0 Å². The van der Waals surface area contributed by atoms with Gasteiger partial charge < -0.3 is 14.5 Å². The molecule has 0 unspecified atom stereocenters. The van der Waals surface area contributed by atoms with Crippen molar-refractivity contribution in [3.8, 4) is 11.6 Å². The van der Waals surface area contributed by atoms with Crippen LogP contribution < -0.4 is 9.47 Å². The molecule has 3 aromatic heterocycles. The first-order chi connectivity index (χ1) is 16.8. The molecule has 0 atom stereocenters. The van der Waals surface area contributed by atoms with Gasteiger partial charge in [-0.1, -0.05) is 36.4 Å². The van der Waals surface area contributed by atoms with E-state index >= 15 is 0 Å². The third-order valence-electron chi connectivity index (χ3n) is 5.45. The van der Waals surface area contributed by atoms with Crippen molar-refractivity contribution in [1.29, 1.82) is 0 Å². The Kier molecular flexibility index (Phi) is 6.21. The first-order valence-electron chi connectivity index (χ1n) is 11.0. The van der Waals surface area contributed by atoms with E-state index in [9.17, 15) is 0 Å². The summed E-state index contributed by atoms with van der Waals surface area (Å²) in [6.07, 6.45) is 11.7. The van der Waals surface area contributed by atoms with Gasteiger partial charge in [0, 0.05) is 24.0 Å². The number of hydrogen-bond donors (Lipinski definition) is 2. The van der Waals surface area contributed by atoms with E-state index in [1.807, 2.05) is 66.9 Å². The van der Waals surface area contributed by atoms with E-state index < -0.39 is 0 Å². The van der Waals surface area contributed by atoms with Crippen LogP contribution in [0, 0.1) is 0 Å². The van der Waals surface area contributed by atoms with E-state index in [2.05, 4.69) is 50.5 Å². The molecule has 0 aliphatic heterocycles. The summed E-state index contributed by atoms with van der Waals surface area (Å²) in [5.74, 6) is 1.38. The fourth-order valence-electron chi connectivity index (χ4n) is 3.62. The molecule has 3 heterocycles. The Balaban J connectivity index is 1.30. The van der Waals surface area contributed by atoms with E-state index in [4.69, 9.17) is 9.47 Å². The van der Waals surface area contributed by atoms with Crippen LogP contribution in [0.1, 0.15) is 28.1 Å². The Morgan fingerprint density at radius 3 is 2.76 bits per heavy atom. The molecule has 5 aromatic rings. The number of benzene rings is 2. The molecule has 6 heteroatoms. The molecule has 168 valence electrons. The highest BCUT2D eigenvalue weighted by molar-refractivity contribution is 5.83. The van der Waals surface area contributed by atoms with E-state index in [1.54, 1.807) is 13.3 Å². The third-order valence-corrected chi connectivity index (χ3v) is 5.45. The van der Waals surface area contributed by atoms with Gasteiger partial charge in [-0.05, 0) is 70.6 Å². The van der Waals surface area contributed by atoms with Crippen molar-refractivity contribution in [3.05, 3.63) is 107 Å². The minimum absolute atomic E-state index is 0.406. The molecular formula is C28H24N4O2. The Bertz CT molecular complexity index is 1450. The quantitative estimate of drug-likeness (QED) is 0.296. The predicted molar refractivity (Wildman–Crippen MR) is 136 cm³/mol. The van der Waals surface area contributed by atoms with Crippen molar-refractivity contribution < 1.29 is 9.47 Å². The highest BCUT2D eigenvalue weighted by Crippen LogP contribution is 2.22. The number of rotatable bonds is 8. The van der Waals surface area contributed by atoms with Gasteiger partial charge in [0.1, 0.15) is 12.4 Å². The van der Waals surface area contributed by atoms with Gasteiger partial charge in [0.15, 0.2) is 0 Å². The minimum atomic E-state index is 0.406. The number of hydrogen-bond acceptors (Lipinski definition) is 4. The lowest BCUT2D eigenvalue weighted by atomic mass is 10.1. The van der Waals surface area contributed by atoms with Gasteiger partial charge in [-0.25, -0.2) is 4.98 Å². The first kappa shape index (κ1) is 21.3. The molecule has 0 radical (unpaired) electrons. The molecule has 0 bridgehead atoms. The molecule has 34 heavy (non-hydrogen) atoms. The molecule has 6 nitrogen and oxygen atoms in total. The van der Waals surface area contributed by atoms with Crippen LogP contribution >= 0.6 is 0 Å². The maximum Gasteiger partial charge on any atom is 0.213 e. The highest BCUT2D eigenvalue weighted by Gasteiger charge is 2.05. The van der Waals surface area contributed by atoms with Crippen molar-refractivity contribution in [2.75, 3.05) is 7.11 Å². The Labute approximate surface area is 197 Å². The van der Waals surface area contributed by atoms with Crippen molar-refractivity contribution in [1.82, 2.24) is 20.2 Å². The summed E-state index contributed by atoms with van der Waals surface area (Å²) in [6, 6.07) is 21.9. The van der Waals surface area contributed by atoms with Crippen LogP contribution in [0.4, 0.5) is 0 Å². The number of aromatic amines is 2. The second-order valence-electron chi connectivity index (χ2n) is 7.76. The van der Waals surface area contributed by atoms with Gasteiger partial charge in [-0.3, -0.25) is 5.10 Å². The van der Waals surface area contributed by atoms with E-state index in [1.165, 1.54) is 5.39 Å². The number of aromatic nitrogens is 4. The standard InChI is InChI=1S/C28H24N4O2/c1-33-26-12-9-23(19-34-28-4-2-3-14-30-28)22(17-26)8-11-25-18-24(31-32-25)10-6-20-5-7-21-13-15-29-27(21)16-20/h2-18,29H,19H2,1H3,(H,31,32)/b10-6+,11-8+. The van der Waals surface area contributed by atoms with Gasteiger partial charge in [0.05, 0.1) is 18.5 Å². The van der Waals surface area contributed by atoms with Crippen LogP contribution in [-0.4, -0.2) is 27.3 Å². The fraction of sp³-hybridized carbons (Fsp3) is 0.0714. The zero-order valence-electron chi connectivity index (χ0n) is 18.7. The number of methoxy groups -OCH3 is 1. The smallest absolute Gasteiger partial charge is 0.213 e. The Morgan fingerprint density at radius 1 is 0.912 bits per heavy atom. The summed E-state index contributed by atoms with van der Waals surface area (Å²) in [6.45, 7) is 0.406. The lowest BCUT2D eigenvalue weighted by Gasteiger charge is -2.10. The summed E-state index contributed by atoms with van der Waals surface area (Å²) in [7, 11) is 1.66. The van der Waals surface area contributed by atoms with Crippen LogP contribution in [0.2, 0.25) is 0 Å². The summed E-state index contributed by atoms with van der Waals surface area (Å²) in [5, 5.41) is 8.68. The molecule has 0 aliphatic carbocycles. The third kappa shape index (κ3) is 5.07. The number of pyridine rings is 1. The normalized spacial score (nSPS) is 11.6. The second-order valence-corrected chi connectivity index (χ2v) is 7.76. The average molecular weight is 449 g/mol. The van der Waals surface area contributed by atoms with Crippen LogP contribution in [0.3, 0.4) is 0 Å². The largest absolute Gasteiger partial charge is 0.497 e. The monoisotopic (exact) mass is 448 g/mol. The van der Waals surface area contributed by atoms with Crippen LogP contribution in [0.5, 0.6) is 11.6 Å². The lowest BCUT2D eigenvalue weighted by molar-refractivity contribution is 0.293. The number of ether oxygens (including phenoxy) is 2. The molecule has 0 saturated heterocycles. The second kappa shape index (κ2) is 9.92. The summed E-state index contributed by atoms with van der Waals surface area (Å²) < 4.78 is 11.2. The molecule has 2 aromatic carbocycles. The lowest BCUT2D eigenvalue weighted by Crippen LogP contribution is -1.99. The van der Waals surface area contributed by atoms with Gasteiger partial charge in [-0.2, -0.15) is 5.10 Å². The van der Waals surface area contributed by atoms with E-state index in [0.717, 1.165) is 39.3 Å². The maximum absolute atomic E-state index is 5.84. The minimum Gasteiger partial charge on any atom is -0.497 e. The van der Waals surface area contributed by atoms with Crippen LogP contribution in [-0.2, 0) is 6.61 Å². The molecule has 0 amide bonds. The van der Waals surface area contributed by atoms with Gasteiger partial charge in [0.2, 0.25) is 5.88 Å². The number of nitrogens with zero attached hydrogens (tertiary/aromatic N) is 2. The van der Waals surface area contributed by atoms with Crippen molar-refractivity contribution >= 4 is 35.2 Å². The Morgan fingerprint density at radius 2 is 1.88 bits per heavy atom. The maximum atomic E-state index is 5.84. The first-order valence-corrected chi connectivity index (χ1v) is 11.0. The average Bonchev–Trinajstić information content (AvgIpc) is 3.55. The molecule has 5 rings (SSSR count). The number of fused-ring (bicyclic) bond motifs is 1. The molecule has 0 aliphatic rings. The summed E-state index contributed by atoms with van der Waals surface area (Å²) in [4.78, 5) is 7.46. The molecule has 0 fully saturated rings. The SMILES string of the molecule is COc1ccc(COc2ccccn2)c(/C=C/c2cc(/C=C/c3ccc4cc[nH]c4c3)n[nH]2)c1. The van der Waals surface area contributed by atoms with Gasteiger partial charge >= 0.3 is 0 Å². The fourth-order valence-corrected chi connectivity index (χ4v) is 3.62. The zero-order valence-corrected chi connectivity index (χ0v) is 18.7. The van der Waals surface area contributed by atoms with Crippen molar-refractivity contribution in [3.63, 3.8) is 0 Å². The van der Waals surface area contributed by atoms with Crippen molar-refractivity contribution in [2.45, 2.75) is 6.61 Å². The van der Waals surface area contributed by atoms with E-state index in [-0.39, 0.29) is 0 Å². The van der Waals surface area contributed by atoms with E-state index in [0.29, 0.717) is 12.5 Å². The van der Waals surface area contributed by atoms with Gasteiger partial charge in [0.25, 0.3) is 0 Å². The summed E-state index contributed by atoms with van der Waals surface area (Å²) in [5.41, 5.74) is 6.02. The molecule has 0 spiro atoms. The molecular weight excluding hydrogens is 424 g/mol.